The van der Waals surface area contributed by atoms with Crippen molar-refractivity contribution in [2.75, 3.05) is 38.2 Å². The SMILES string of the molecule is CCN(CC)CCOc1cccc(Nc2nc(C)cc(-c3ccc(OCCC4CCCCC4)cc3)n2)c1. The van der Waals surface area contributed by atoms with Gasteiger partial charge in [0.15, 0.2) is 0 Å². The van der Waals surface area contributed by atoms with Crippen molar-refractivity contribution in [1.82, 2.24) is 14.9 Å². The van der Waals surface area contributed by atoms with Crippen LogP contribution in [0.15, 0.2) is 54.6 Å². The fourth-order valence-electron chi connectivity index (χ4n) is 4.94. The summed E-state index contributed by atoms with van der Waals surface area (Å²) in [6, 6.07) is 18.2. The van der Waals surface area contributed by atoms with Crippen molar-refractivity contribution >= 4 is 11.6 Å². The van der Waals surface area contributed by atoms with E-state index in [1.807, 2.05) is 49.4 Å². The summed E-state index contributed by atoms with van der Waals surface area (Å²) in [5.41, 5.74) is 3.74. The Balaban J connectivity index is 1.34. The molecule has 1 N–H and O–H groups in total. The predicted molar refractivity (Wildman–Crippen MR) is 152 cm³/mol. The highest BCUT2D eigenvalue weighted by atomic mass is 16.5. The molecule has 0 bridgehead atoms. The maximum Gasteiger partial charge on any atom is 0.227 e. The van der Waals surface area contributed by atoms with E-state index in [0.29, 0.717) is 12.6 Å². The lowest BCUT2D eigenvalue weighted by Crippen LogP contribution is -2.27. The van der Waals surface area contributed by atoms with E-state index in [1.165, 1.54) is 32.1 Å². The number of likely N-dealkylation sites (N-methyl/N-ethyl adjacent to an activating group) is 1. The van der Waals surface area contributed by atoms with Crippen molar-refractivity contribution in [2.45, 2.75) is 59.3 Å². The van der Waals surface area contributed by atoms with Crippen LogP contribution in [0.25, 0.3) is 11.3 Å². The van der Waals surface area contributed by atoms with Gasteiger partial charge in [0.05, 0.1) is 12.3 Å². The van der Waals surface area contributed by atoms with Crippen LogP contribution in [0.2, 0.25) is 0 Å². The van der Waals surface area contributed by atoms with Gasteiger partial charge in [-0.15, -0.1) is 0 Å². The number of nitrogens with one attached hydrogen (secondary N) is 1. The molecule has 198 valence electrons. The van der Waals surface area contributed by atoms with Crippen LogP contribution in [0, 0.1) is 12.8 Å². The molecule has 0 radical (unpaired) electrons. The summed E-state index contributed by atoms with van der Waals surface area (Å²) in [5, 5.41) is 3.35. The maximum atomic E-state index is 6.03. The second-order valence-corrected chi connectivity index (χ2v) is 9.91. The lowest BCUT2D eigenvalue weighted by atomic mass is 9.87. The van der Waals surface area contributed by atoms with Gasteiger partial charge in [-0.1, -0.05) is 52.0 Å². The zero-order valence-electron chi connectivity index (χ0n) is 22.7. The molecule has 1 heterocycles. The molecule has 6 nitrogen and oxygen atoms in total. The third-order valence-electron chi connectivity index (χ3n) is 7.18. The summed E-state index contributed by atoms with van der Waals surface area (Å²) in [6.45, 7) is 10.8. The highest BCUT2D eigenvalue weighted by Gasteiger charge is 2.13. The average Bonchev–Trinajstić information content (AvgIpc) is 2.92. The molecule has 2 aromatic carbocycles. The summed E-state index contributed by atoms with van der Waals surface area (Å²) in [5.74, 6) is 3.16. The number of aryl methyl sites for hydroxylation is 1. The Labute approximate surface area is 222 Å². The number of aromatic nitrogens is 2. The van der Waals surface area contributed by atoms with Crippen LogP contribution >= 0.6 is 0 Å². The molecule has 4 rings (SSSR count). The summed E-state index contributed by atoms with van der Waals surface area (Å²) in [7, 11) is 0. The van der Waals surface area contributed by atoms with Crippen molar-refractivity contribution in [1.29, 1.82) is 0 Å². The highest BCUT2D eigenvalue weighted by Crippen LogP contribution is 2.28. The van der Waals surface area contributed by atoms with Crippen molar-refractivity contribution in [3.63, 3.8) is 0 Å². The predicted octanol–water partition coefficient (Wildman–Crippen LogP) is 7.27. The normalized spacial score (nSPS) is 14.1. The summed E-state index contributed by atoms with van der Waals surface area (Å²) in [6.07, 6.45) is 8.04. The van der Waals surface area contributed by atoms with E-state index < -0.39 is 0 Å². The number of ether oxygens (including phenoxy) is 2. The lowest BCUT2D eigenvalue weighted by molar-refractivity contribution is 0.223. The molecule has 0 unspecified atom stereocenters. The number of hydrogen-bond donors (Lipinski definition) is 1. The molecule has 1 saturated carbocycles. The second kappa shape index (κ2) is 14.0. The zero-order valence-corrected chi connectivity index (χ0v) is 22.7. The molecule has 0 amide bonds. The molecule has 1 aromatic heterocycles. The van der Waals surface area contributed by atoms with Crippen molar-refractivity contribution < 1.29 is 9.47 Å². The smallest absolute Gasteiger partial charge is 0.227 e. The van der Waals surface area contributed by atoms with Crippen LogP contribution in [0.4, 0.5) is 11.6 Å². The van der Waals surface area contributed by atoms with Crippen LogP contribution in [0.1, 0.15) is 58.1 Å². The molecule has 1 aliphatic rings. The van der Waals surface area contributed by atoms with Crippen molar-refractivity contribution in [2.24, 2.45) is 5.92 Å². The molecular weight excluding hydrogens is 460 g/mol. The first-order chi connectivity index (χ1) is 18.1. The Morgan fingerprint density at radius 2 is 1.62 bits per heavy atom. The van der Waals surface area contributed by atoms with Crippen LogP contribution in [0.5, 0.6) is 11.5 Å². The minimum Gasteiger partial charge on any atom is -0.494 e. The molecule has 1 aliphatic carbocycles. The van der Waals surface area contributed by atoms with Gasteiger partial charge in [0, 0.05) is 29.6 Å². The molecule has 37 heavy (non-hydrogen) atoms. The van der Waals surface area contributed by atoms with Gasteiger partial charge < -0.3 is 19.7 Å². The van der Waals surface area contributed by atoms with Gasteiger partial charge in [-0.2, -0.15) is 0 Å². The lowest BCUT2D eigenvalue weighted by Gasteiger charge is -2.21. The van der Waals surface area contributed by atoms with Gasteiger partial charge in [-0.3, -0.25) is 0 Å². The number of nitrogens with zero attached hydrogens (tertiary/aromatic N) is 3. The van der Waals surface area contributed by atoms with Gasteiger partial charge in [-0.05, 0) is 74.8 Å². The largest absolute Gasteiger partial charge is 0.494 e. The van der Waals surface area contributed by atoms with E-state index >= 15 is 0 Å². The van der Waals surface area contributed by atoms with Crippen molar-refractivity contribution in [3.8, 4) is 22.8 Å². The Morgan fingerprint density at radius 1 is 0.865 bits per heavy atom. The van der Waals surface area contributed by atoms with Gasteiger partial charge in [-0.25, -0.2) is 9.97 Å². The van der Waals surface area contributed by atoms with E-state index in [1.54, 1.807) is 0 Å². The van der Waals surface area contributed by atoms with Crippen LogP contribution in [0.3, 0.4) is 0 Å². The molecule has 0 aliphatic heterocycles. The standard InChI is InChI=1S/C31H42N4O2/c1-4-35(5-2)19-21-37-29-13-9-12-27(23-29)33-31-32-24(3)22-30(34-31)26-14-16-28(17-15-26)36-20-18-25-10-7-6-8-11-25/h9,12-17,22-23,25H,4-8,10-11,18-21H2,1-3H3,(H,32,33,34). The minimum absolute atomic E-state index is 0.572. The third-order valence-corrected chi connectivity index (χ3v) is 7.18. The molecule has 6 heteroatoms. The van der Waals surface area contributed by atoms with E-state index in [0.717, 1.165) is 72.7 Å². The first kappa shape index (κ1) is 26.9. The number of anilines is 2. The Hall–Kier alpha value is -3.12. The molecule has 0 spiro atoms. The molecule has 1 fully saturated rings. The van der Waals surface area contributed by atoms with E-state index in [2.05, 4.69) is 41.2 Å². The number of hydrogen-bond acceptors (Lipinski definition) is 6. The van der Waals surface area contributed by atoms with E-state index in [9.17, 15) is 0 Å². The maximum absolute atomic E-state index is 6.03. The van der Waals surface area contributed by atoms with Crippen LogP contribution < -0.4 is 14.8 Å². The highest BCUT2D eigenvalue weighted by molar-refractivity contribution is 5.64. The van der Waals surface area contributed by atoms with Gasteiger partial charge >= 0.3 is 0 Å². The summed E-state index contributed by atoms with van der Waals surface area (Å²) < 4.78 is 12.0. The zero-order chi connectivity index (χ0) is 25.9. The van der Waals surface area contributed by atoms with E-state index in [-0.39, 0.29) is 0 Å². The first-order valence-corrected chi connectivity index (χ1v) is 13.9. The van der Waals surface area contributed by atoms with Gasteiger partial charge in [0.1, 0.15) is 18.1 Å². The minimum atomic E-state index is 0.572. The monoisotopic (exact) mass is 502 g/mol. The van der Waals surface area contributed by atoms with E-state index in [4.69, 9.17) is 14.5 Å². The molecule has 3 aromatic rings. The summed E-state index contributed by atoms with van der Waals surface area (Å²) in [4.78, 5) is 11.7. The fraction of sp³-hybridized carbons (Fsp3) is 0.484. The second-order valence-electron chi connectivity index (χ2n) is 9.91. The van der Waals surface area contributed by atoms with Gasteiger partial charge in [0.2, 0.25) is 5.95 Å². The van der Waals surface area contributed by atoms with Gasteiger partial charge in [0.25, 0.3) is 0 Å². The number of benzene rings is 2. The average molecular weight is 503 g/mol. The number of rotatable bonds is 13. The van der Waals surface area contributed by atoms with Crippen LogP contribution in [-0.4, -0.2) is 47.7 Å². The third kappa shape index (κ3) is 8.46. The topological polar surface area (TPSA) is 59.5 Å². The molecular formula is C31H42N4O2. The Morgan fingerprint density at radius 3 is 2.38 bits per heavy atom. The Kier molecular flexibility index (Phi) is 10.2. The fourth-order valence-corrected chi connectivity index (χ4v) is 4.94. The quantitative estimate of drug-likeness (QED) is 0.265. The first-order valence-electron chi connectivity index (χ1n) is 13.9. The Bertz CT molecular complexity index is 1090. The van der Waals surface area contributed by atoms with Crippen LogP contribution in [-0.2, 0) is 0 Å². The van der Waals surface area contributed by atoms with Crippen molar-refractivity contribution in [3.05, 3.63) is 60.3 Å². The summed E-state index contributed by atoms with van der Waals surface area (Å²) >= 11 is 0. The molecule has 0 saturated heterocycles. The molecule has 0 atom stereocenters.